The molecule has 1 saturated carbocycles. The van der Waals surface area contributed by atoms with E-state index in [1.165, 1.54) is 0 Å². The Kier molecular flexibility index (Phi) is 5.01. The van der Waals surface area contributed by atoms with Crippen LogP contribution in [0.1, 0.15) is 25.7 Å². The summed E-state index contributed by atoms with van der Waals surface area (Å²) in [5, 5.41) is 20.5. The van der Waals surface area contributed by atoms with E-state index in [9.17, 15) is 13.2 Å². The molecule has 96 valence electrons. The molecule has 0 saturated heterocycles. The number of nitrogens with one attached hydrogen (secondary N) is 1. The lowest BCUT2D eigenvalue weighted by atomic mass is 9.85. The quantitative estimate of drug-likeness (QED) is 0.689. The van der Waals surface area contributed by atoms with Gasteiger partial charge in [-0.05, 0) is 19.3 Å². The predicted molar refractivity (Wildman–Crippen MR) is 52.9 cm³/mol. The fraction of sp³-hybridized carbons (Fsp3) is 1.00. The second-order valence-corrected chi connectivity index (χ2v) is 4.33. The van der Waals surface area contributed by atoms with Gasteiger partial charge >= 0.3 is 6.18 Å². The summed E-state index contributed by atoms with van der Waals surface area (Å²) in [5.41, 5.74) is 0. The fourth-order valence-electron chi connectivity index (χ4n) is 2.13. The van der Waals surface area contributed by atoms with Gasteiger partial charge < -0.3 is 15.5 Å². The van der Waals surface area contributed by atoms with Crippen LogP contribution in [0.15, 0.2) is 0 Å². The van der Waals surface area contributed by atoms with Gasteiger partial charge in [-0.15, -0.1) is 0 Å². The van der Waals surface area contributed by atoms with Gasteiger partial charge in [-0.1, -0.05) is 6.42 Å². The van der Waals surface area contributed by atoms with Crippen molar-refractivity contribution < 1.29 is 23.4 Å². The van der Waals surface area contributed by atoms with Gasteiger partial charge in [0.15, 0.2) is 0 Å². The van der Waals surface area contributed by atoms with Crippen LogP contribution in [0.2, 0.25) is 0 Å². The minimum absolute atomic E-state index is 0.0417. The first kappa shape index (κ1) is 13.7. The van der Waals surface area contributed by atoms with E-state index < -0.39 is 18.1 Å². The Morgan fingerprint density at radius 2 is 1.81 bits per heavy atom. The molecule has 3 N–H and O–H groups in total. The molecule has 0 aliphatic heterocycles. The zero-order valence-corrected chi connectivity index (χ0v) is 9.00. The summed E-state index contributed by atoms with van der Waals surface area (Å²) in [5.74, 6) is -1.25. The lowest BCUT2D eigenvalue weighted by molar-refractivity contribution is -0.184. The molecule has 1 rings (SSSR count). The molecule has 0 aromatic heterocycles. The highest BCUT2D eigenvalue weighted by molar-refractivity contribution is 4.83. The van der Waals surface area contributed by atoms with Crippen LogP contribution < -0.4 is 5.32 Å². The number of aliphatic hydroxyl groups is 2. The van der Waals surface area contributed by atoms with Crippen LogP contribution >= 0.6 is 0 Å². The lowest BCUT2D eigenvalue weighted by Gasteiger charge is -2.32. The van der Waals surface area contributed by atoms with E-state index in [1.54, 1.807) is 0 Å². The maximum atomic E-state index is 12.5. The molecule has 2 atom stereocenters. The van der Waals surface area contributed by atoms with E-state index in [-0.39, 0.29) is 32.1 Å². The van der Waals surface area contributed by atoms with Gasteiger partial charge in [0.05, 0.1) is 25.2 Å². The fourth-order valence-corrected chi connectivity index (χ4v) is 2.13. The third-order valence-electron chi connectivity index (χ3n) is 3.05. The topological polar surface area (TPSA) is 52.5 Å². The van der Waals surface area contributed by atoms with Crippen LogP contribution in [0.25, 0.3) is 0 Å². The van der Waals surface area contributed by atoms with E-state index in [4.69, 9.17) is 10.2 Å². The van der Waals surface area contributed by atoms with Crippen molar-refractivity contribution in [1.82, 2.24) is 5.32 Å². The Bertz CT molecular complexity index is 207. The molecule has 0 spiro atoms. The van der Waals surface area contributed by atoms with E-state index in [1.807, 2.05) is 0 Å². The van der Waals surface area contributed by atoms with E-state index in [2.05, 4.69) is 5.32 Å². The molecule has 1 aliphatic rings. The summed E-state index contributed by atoms with van der Waals surface area (Å²) in [6, 6.07) is -0.776. The maximum absolute atomic E-state index is 12.5. The summed E-state index contributed by atoms with van der Waals surface area (Å²) >= 11 is 0. The second kappa shape index (κ2) is 5.84. The van der Waals surface area contributed by atoms with Crippen molar-refractivity contribution >= 4 is 0 Å². The Morgan fingerprint density at radius 3 is 2.31 bits per heavy atom. The van der Waals surface area contributed by atoms with Gasteiger partial charge in [0, 0.05) is 6.04 Å². The lowest BCUT2D eigenvalue weighted by Crippen LogP contribution is -2.46. The van der Waals surface area contributed by atoms with Crippen molar-refractivity contribution in [3.05, 3.63) is 0 Å². The summed E-state index contributed by atoms with van der Waals surface area (Å²) in [7, 11) is 0. The van der Waals surface area contributed by atoms with Crippen molar-refractivity contribution in [2.24, 2.45) is 5.92 Å². The van der Waals surface area contributed by atoms with Gasteiger partial charge in [-0.25, -0.2) is 0 Å². The SMILES string of the molecule is OCC(CO)NC1CCCC(C(F)(F)F)C1. The number of hydrogen-bond donors (Lipinski definition) is 3. The number of aliphatic hydroxyl groups excluding tert-OH is 2. The molecule has 1 aliphatic carbocycles. The van der Waals surface area contributed by atoms with Crippen LogP contribution in [0.5, 0.6) is 0 Å². The average Bonchev–Trinajstić information content (AvgIpc) is 2.25. The largest absolute Gasteiger partial charge is 0.395 e. The van der Waals surface area contributed by atoms with Gasteiger partial charge in [0.1, 0.15) is 0 Å². The Balaban J connectivity index is 2.44. The first-order chi connectivity index (χ1) is 7.47. The zero-order chi connectivity index (χ0) is 12.2. The minimum atomic E-state index is -4.13. The highest BCUT2D eigenvalue weighted by atomic mass is 19.4. The van der Waals surface area contributed by atoms with E-state index in [0.29, 0.717) is 12.8 Å². The average molecular weight is 241 g/mol. The highest BCUT2D eigenvalue weighted by Gasteiger charge is 2.42. The van der Waals surface area contributed by atoms with Crippen LogP contribution in [0, 0.1) is 5.92 Å². The Labute approximate surface area is 92.7 Å². The molecule has 0 aromatic rings. The summed E-state index contributed by atoms with van der Waals surface area (Å²) in [4.78, 5) is 0. The molecule has 0 radical (unpaired) electrons. The standard InChI is InChI=1S/C10H18F3NO2/c11-10(12,13)7-2-1-3-8(4-7)14-9(5-15)6-16/h7-9,14-16H,1-6H2. The van der Waals surface area contributed by atoms with Crippen LogP contribution in [-0.4, -0.2) is 41.7 Å². The van der Waals surface area contributed by atoms with Crippen molar-refractivity contribution in [2.45, 2.75) is 43.9 Å². The first-order valence-electron chi connectivity index (χ1n) is 5.51. The third kappa shape index (κ3) is 3.92. The normalized spacial score (nSPS) is 27.4. The predicted octanol–water partition coefficient (Wildman–Crippen LogP) is 1.05. The van der Waals surface area contributed by atoms with Crippen LogP contribution in [0.4, 0.5) is 13.2 Å². The maximum Gasteiger partial charge on any atom is 0.391 e. The summed E-state index contributed by atoms with van der Waals surface area (Å²) in [6.45, 7) is -0.520. The molecule has 0 amide bonds. The van der Waals surface area contributed by atoms with Crippen molar-refractivity contribution in [2.75, 3.05) is 13.2 Å². The molecule has 0 bridgehead atoms. The van der Waals surface area contributed by atoms with Crippen molar-refractivity contribution in [3.63, 3.8) is 0 Å². The molecule has 1 fully saturated rings. The number of hydrogen-bond acceptors (Lipinski definition) is 3. The molecule has 3 nitrogen and oxygen atoms in total. The molecular weight excluding hydrogens is 223 g/mol. The molecule has 0 aromatic carbocycles. The highest BCUT2D eigenvalue weighted by Crippen LogP contribution is 2.37. The second-order valence-electron chi connectivity index (χ2n) is 4.33. The van der Waals surface area contributed by atoms with E-state index in [0.717, 1.165) is 0 Å². The molecular formula is C10H18F3NO2. The third-order valence-corrected chi connectivity index (χ3v) is 3.05. The summed E-state index contributed by atoms with van der Waals surface area (Å²) < 4.78 is 37.5. The van der Waals surface area contributed by atoms with Gasteiger partial charge in [0.25, 0.3) is 0 Å². The number of alkyl halides is 3. The van der Waals surface area contributed by atoms with Crippen LogP contribution in [0.3, 0.4) is 0 Å². The van der Waals surface area contributed by atoms with E-state index >= 15 is 0 Å². The number of rotatable bonds is 4. The van der Waals surface area contributed by atoms with Gasteiger partial charge in [-0.2, -0.15) is 13.2 Å². The smallest absolute Gasteiger partial charge is 0.391 e. The van der Waals surface area contributed by atoms with Crippen molar-refractivity contribution in [1.29, 1.82) is 0 Å². The van der Waals surface area contributed by atoms with Gasteiger partial charge in [0.2, 0.25) is 0 Å². The number of halogens is 3. The Hall–Kier alpha value is -0.330. The van der Waals surface area contributed by atoms with Crippen molar-refractivity contribution in [3.8, 4) is 0 Å². The first-order valence-corrected chi connectivity index (χ1v) is 5.51. The summed E-state index contributed by atoms with van der Waals surface area (Å²) in [6.07, 6.45) is -2.70. The minimum Gasteiger partial charge on any atom is -0.395 e. The molecule has 2 unspecified atom stereocenters. The zero-order valence-electron chi connectivity index (χ0n) is 9.00. The monoisotopic (exact) mass is 241 g/mol. The van der Waals surface area contributed by atoms with Gasteiger partial charge in [-0.3, -0.25) is 0 Å². The Morgan fingerprint density at radius 1 is 1.19 bits per heavy atom. The van der Waals surface area contributed by atoms with Crippen LogP contribution in [-0.2, 0) is 0 Å². The molecule has 0 heterocycles. The molecule has 6 heteroatoms. The molecule has 16 heavy (non-hydrogen) atoms.